The maximum atomic E-state index is 11.4. The zero-order chi connectivity index (χ0) is 11.8. The van der Waals surface area contributed by atoms with E-state index >= 15 is 0 Å². The first-order chi connectivity index (χ1) is 7.74. The Bertz CT molecular complexity index is 313. The van der Waals surface area contributed by atoms with E-state index in [0.29, 0.717) is 19.5 Å². The lowest BCUT2D eigenvalue weighted by Gasteiger charge is -2.10. The van der Waals surface area contributed by atoms with Gasteiger partial charge in [0.15, 0.2) is 0 Å². The van der Waals surface area contributed by atoms with Crippen molar-refractivity contribution in [2.24, 2.45) is 11.5 Å². The van der Waals surface area contributed by atoms with E-state index < -0.39 is 6.04 Å². The molecule has 0 fully saturated rings. The quantitative estimate of drug-likeness (QED) is 0.633. The number of carbonyl (C=O) groups excluding carboxylic acids is 1. The lowest BCUT2D eigenvalue weighted by Crippen LogP contribution is -2.42. The van der Waals surface area contributed by atoms with Gasteiger partial charge in [-0.2, -0.15) is 0 Å². The van der Waals surface area contributed by atoms with Crippen LogP contribution in [-0.4, -0.2) is 25.0 Å². The summed E-state index contributed by atoms with van der Waals surface area (Å²) in [4.78, 5) is 11.4. The van der Waals surface area contributed by atoms with E-state index in [-0.39, 0.29) is 5.91 Å². The molecule has 1 rings (SSSR count). The summed E-state index contributed by atoms with van der Waals surface area (Å²) in [5.41, 5.74) is 12.1. The summed E-state index contributed by atoms with van der Waals surface area (Å²) < 4.78 is 0. The summed E-state index contributed by atoms with van der Waals surface area (Å²) in [5.74, 6) is -0.124. The van der Waals surface area contributed by atoms with Crippen LogP contribution in [0.4, 0.5) is 0 Å². The molecule has 0 radical (unpaired) electrons. The minimum Gasteiger partial charge on any atom is -0.354 e. The van der Waals surface area contributed by atoms with Gasteiger partial charge in [0.2, 0.25) is 5.91 Å². The molecule has 1 aromatic rings. The maximum absolute atomic E-state index is 11.4. The molecular formula is C12H19N3O. The normalized spacial score (nSPS) is 12.1. The highest BCUT2D eigenvalue weighted by Gasteiger charge is 2.10. The summed E-state index contributed by atoms with van der Waals surface area (Å²) in [5, 5.41) is 2.80. The third-order valence-corrected chi connectivity index (χ3v) is 2.37. The van der Waals surface area contributed by atoms with Crippen molar-refractivity contribution in [1.29, 1.82) is 0 Å². The molecule has 0 aliphatic carbocycles. The van der Waals surface area contributed by atoms with Gasteiger partial charge in [0.25, 0.3) is 0 Å². The van der Waals surface area contributed by atoms with E-state index in [1.54, 1.807) is 0 Å². The highest BCUT2D eigenvalue weighted by atomic mass is 16.2. The Morgan fingerprint density at radius 1 is 1.31 bits per heavy atom. The summed E-state index contributed by atoms with van der Waals surface area (Å²) >= 11 is 0. The van der Waals surface area contributed by atoms with Gasteiger partial charge in [0.1, 0.15) is 0 Å². The number of nitrogens with one attached hydrogen (secondary N) is 1. The fourth-order valence-electron chi connectivity index (χ4n) is 1.42. The standard InChI is InChI=1S/C12H19N3O/c13-8-6-11(14)12(16)15-9-7-10-4-2-1-3-5-10/h1-5,11H,6-9,13-14H2,(H,15,16)/t11-/m0/s1. The fourth-order valence-corrected chi connectivity index (χ4v) is 1.42. The molecule has 5 N–H and O–H groups in total. The van der Waals surface area contributed by atoms with Gasteiger partial charge in [0, 0.05) is 6.54 Å². The Kier molecular flexibility index (Phi) is 5.53. The van der Waals surface area contributed by atoms with Crippen LogP contribution in [0.1, 0.15) is 12.0 Å². The molecule has 0 heterocycles. The molecule has 4 nitrogen and oxygen atoms in total. The largest absolute Gasteiger partial charge is 0.354 e. The zero-order valence-electron chi connectivity index (χ0n) is 9.36. The molecule has 1 aromatic carbocycles. The second kappa shape index (κ2) is 6.98. The molecule has 0 spiro atoms. The summed E-state index contributed by atoms with van der Waals surface area (Å²) in [6.45, 7) is 1.05. The van der Waals surface area contributed by atoms with Gasteiger partial charge in [-0.25, -0.2) is 0 Å². The van der Waals surface area contributed by atoms with Gasteiger partial charge in [0.05, 0.1) is 6.04 Å². The average molecular weight is 221 g/mol. The average Bonchev–Trinajstić information content (AvgIpc) is 2.30. The Morgan fingerprint density at radius 3 is 2.62 bits per heavy atom. The van der Waals surface area contributed by atoms with Crippen LogP contribution in [0.2, 0.25) is 0 Å². The number of nitrogens with two attached hydrogens (primary N) is 2. The number of hydrogen-bond donors (Lipinski definition) is 3. The molecule has 1 atom stereocenters. The van der Waals surface area contributed by atoms with Crippen LogP contribution < -0.4 is 16.8 Å². The summed E-state index contributed by atoms with van der Waals surface area (Å²) in [7, 11) is 0. The second-order valence-electron chi connectivity index (χ2n) is 3.71. The maximum Gasteiger partial charge on any atom is 0.236 e. The highest BCUT2D eigenvalue weighted by molar-refractivity contribution is 5.81. The van der Waals surface area contributed by atoms with Crippen molar-refractivity contribution in [2.75, 3.05) is 13.1 Å². The number of hydrogen-bond acceptors (Lipinski definition) is 3. The van der Waals surface area contributed by atoms with Crippen molar-refractivity contribution < 1.29 is 4.79 Å². The molecule has 0 saturated heterocycles. The minimum absolute atomic E-state index is 0.124. The van der Waals surface area contributed by atoms with E-state index in [4.69, 9.17) is 11.5 Å². The minimum atomic E-state index is -0.485. The molecule has 0 saturated carbocycles. The number of rotatable bonds is 6. The van der Waals surface area contributed by atoms with Crippen LogP contribution in [0.25, 0.3) is 0 Å². The van der Waals surface area contributed by atoms with Crippen molar-refractivity contribution in [3.05, 3.63) is 35.9 Å². The van der Waals surface area contributed by atoms with Crippen LogP contribution in [0.15, 0.2) is 30.3 Å². The van der Waals surface area contributed by atoms with Gasteiger partial charge in [-0.3, -0.25) is 4.79 Å². The van der Waals surface area contributed by atoms with E-state index in [2.05, 4.69) is 5.32 Å². The van der Waals surface area contributed by atoms with Crippen molar-refractivity contribution in [2.45, 2.75) is 18.9 Å². The topological polar surface area (TPSA) is 81.1 Å². The molecule has 0 unspecified atom stereocenters. The van der Waals surface area contributed by atoms with Crippen LogP contribution in [0.5, 0.6) is 0 Å². The first-order valence-electron chi connectivity index (χ1n) is 5.51. The van der Waals surface area contributed by atoms with E-state index in [9.17, 15) is 4.79 Å². The Balaban J connectivity index is 2.23. The number of carbonyl (C=O) groups is 1. The van der Waals surface area contributed by atoms with Crippen LogP contribution in [-0.2, 0) is 11.2 Å². The van der Waals surface area contributed by atoms with E-state index in [1.807, 2.05) is 30.3 Å². The Labute approximate surface area is 96.0 Å². The SMILES string of the molecule is NCC[C@H](N)C(=O)NCCc1ccccc1. The lowest BCUT2D eigenvalue weighted by atomic mass is 10.1. The predicted molar refractivity (Wildman–Crippen MR) is 64.8 cm³/mol. The molecule has 88 valence electrons. The first kappa shape index (κ1) is 12.7. The van der Waals surface area contributed by atoms with Gasteiger partial charge in [-0.05, 0) is 24.9 Å². The molecule has 4 heteroatoms. The fraction of sp³-hybridized carbons (Fsp3) is 0.417. The van der Waals surface area contributed by atoms with Crippen molar-refractivity contribution >= 4 is 5.91 Å². The number of amides is 1. The first-order valence-corrected chi connectivity index (χ1v) is 5.51. The molecule has 0 aromatic heterocycles. The van der Waals surface area contributed by atoms with E-state index in [1.165, 1.54) is 5.56 Å². The van der Waals surface area contributed by atoms with E-state index in [0.717, 1.165) is 6.42 Å². The molecule has 16 heavy (non-hydrogen) atoms. The van der Waals surface area contributed by atoms with Crippen molar-refractivity contribution in [3.63, 3.8) is 0 Å². The van der Waals surface area contributed by atoms with Gasteiger partial charge in [-0.1, -0.05) is 30.3 Å². The van der Waals surface area contributed by atoms with Crippen LogP contribution >= 0.6 is 0 Å². The van der Waals surface area contributed by atoms with Gasteiger partial charge < -0.3 is 16.8 Å². The molecule has 0 aliphatic rings. The predicted octanol–water partition coefficient (Wildman–Crippen LogP) is 0.0214. The zero-order valence-corrected chi connectivity index (χ0v) is 9.36. The van der Waals surface area contributed by atoms with Crippen LogP contribution in [0.3, 0.4) is 0 Å². The second-order valence-corrected chi connectivity index (χ2v) is 3.71. The van der Waals surface area contributed by atoms with Gasteiger partial charge in [-0.15, -0.1) is 0 Å². The summed E-state index contributed by atoms with van der Waals surface area (Å²) in [6.07, 6.45) is 1.35. The monoisotopic (exact) mass is 221 g/mol. The van der Waals surface area contributed by atoms with Gasteiger partial charge >= 0.3 is 0 Å². The third kappa shape index (κ3) is 4.42. The smallest absolute Gasteiger partial charge is 0.236 e. The molecule has 0 bridgehead atoms. The molecular weight excluding hydrogens is 202 g/mol. The molecule has 1 amide bonds. The number of benzene rings is 1. The van der Waals surface area contributed by atoms with Crippen LogP contribution in [0, 0.1) is 0 Å². The molecule has 0 aliphatic heterocycles. The Morgan fingerprint density at radius 2 is 2.00 bits per heavy atom. The lowest BCUT2D eigenvalue weighted by molar-refractivity contribution is -0.122. The highest BCUT2D eigenvalue weighted by Crippen LogP contribution is 1.98. The third-order valence-electron chi connectivity index (χ3n) is 2.37. The summed E-state index contributed by atoms with van der Waals surface area (Å²) in [6, 6.07) is 9.52. The van der Waals surface area contributed by atoms with Crippen molar-refractivity contribution in [1.82, 2.24) is 5.32 Å². The Hall–Kier alpha value is -1.39. The van der Waals surface area contributed by atoms with Crippen molar-refractivity contribution in [3.8, 4) is 0 Å².